The van der Waals surface area contributed by atoms with Crippen LogP contribution in [0.2, 0.25) is 0 Å². The largest absolute Gasteiger partial charge is 0.497 e. The van der Waals surface area contributed by atoms with Crippen LogP contribution in [0.1, 0.15) is 30.7 Å². The smallest absolute Gasteiger partial charge is 0.121 e. The minimum atomic E-state index is -0.202. The highest BCUT2D eigenvalue weighted by Gasteiger charge is 2.53. The third-order valence-electron chi connectivity index (χ3n) is 7.20. The van der Waals surface area contributed by atoms with E-state index in [1.54, 1.807) is 7.11 Å². The van der Waals surface area contributed by atoms with Gasteiger partial charge in [-0.1, -0.05) is 6.07 Å². The molecule has 0 unspecified atom stereocenters. The van der Waals surface area contributed by atoms with E-state index >= 15 is 0 Å². The molecule has 31 heavy (non-hydrogen) atoms. The van der Waals surface area contributed by atoms with Crippen LogP contribution >= 0.6 is 0 Å². The van der Waals surface area contributed by atoms with E-state index in [2.05, 4.69) is 62.4 Å². The van der Waals surface area contributed by atoms with E-state index < -0.39 is 0 Å². The Morgan fingerprint density at radius 2 is 2.03 bits per heavy atom. The average molecular weight is 417 g/mol. The monoisotopic (exact) mass is 416 g/mol. The molecule has 3 aromatic rings. The van der Waals surface area contributed by atoms with Crippen LogP contribution < -0.4 is 10.1 Å². The van der Waals surface area contributed by atoms with Crippen molar-refractivity contribution >= 4 is 5.69 Å². The number of methoxy groups -OCH3 is 1. The van der Waals surface area contributed by atoms with Gasteiger partial charge in [0.2, 0.25) is 0 Å². The van der Waals surface area contributed by atoms with Crippen molar-refractivity contribution in [3.8, 4) is 11.4 Å². The average Bonchev–Trinajstić information content (AvgIpc) is 3.43. The van der Waals surface area contributed by atoms with Gasteiger partial charge in [-0.2, -0.15) is 0 Å². The van der Waals surface area contributed by atoms with Crippen molar-refractivity contribution in [2.45, 2.75) is 36.9 Å². The Morgan fingerprint density at radius 1 is 1.13 bits per heavy atom. The fourth-order valence-corrected chi connectivity index (χ4v) is 5.59. The third kappa shape index (κ3) is 3.13. The Morgan fingerprint density at radius 3 is 2.84 bits per heavy atom. The molecule has 0 amide bonds. The maximum Gasteiger partial charge on any atom is 0.121 e. The number of piperidine rings is 1. The molecule has 6 heteroatoms. The van der Waals surface area contributed by atoms with E-state index in [0.29, 0.717) is 6.61 Å². The molecule has 160 valence electrons. The second-order valence-corrected chi connectivity index (χ2v) is 9.10. The first kappa shape index (κ1) is 18.9. The minimum Gasteiger partial charge on any atom is -0.497 e. The molecule has 1 atom stereocenters. The highest BCUT2D eigenvalue weighted by molar-refractivity contribution is 5.69. The molecule has 2 spiro atoms. The zero-order valence-corrected chi connectivity index (χ0v) is 17.9. The molecule has 6 rings (SSSR count). The van der Waals surface area contributed by atoms with Crippen LogP contribution in [0.3, 0.4) is 0 Å². The van der Waals surface area contributed by atoms with Crippen LogP contribution in [0.4, 0.5) is 5.69 Å². The fourth-order valence-electron chi connectivity index (χ4n) is 5.59. The van der Waals surface area contributed by atoms with Crippen LogP contribution in [0, 0.1) is 0 Å². The number of hydrogen-bond acceptors (Lipinski definition) is 5. The van der Waals surface area contributed by atoms with Crippen LogP contribution in [-0.4, -0.2) is 46.9 Å². The van der Waals surface area contributed by atoms with E-state index in [4.69, 9.17) is 9.47 Å². The lowest BCUT2D eigenvalue weighted by atomic mass is 9.79. The normalized spacial score (nSPS) is 24.0. The molecule has 3 aliphatic heterocycles. The van der Waals surface area contributed by atoms with Gasteiger partial charge in [0.15, 0.2) is 0 Å². The van der Waals surface area contributed by atoms with Crippen LogP contribution in [0.25, 0.3) is 5.69 Å². The van der Waals surface area contributed by atoms with Crippen LogP contribution in [-0.2, 0) is 16.8 Å². The van der Waals surface area contributed by atoms with Gasteiger partial charge in [-0.25, -0.2) is 0 Å². The minimum absolute atomic E-state index is 0.0704. The molecule has 0 aliphatic carbocycles. The highest BCUT2D eigenvalue weighted by Crippen LogP contribution is 2.50. The van der Waals surface area contributed by atoms with Gasteiger partial charge >= 0.3 is 0 Å². The number of anilines is 1. The number of pyridine rings is 1. The number of likely N-dealkylation sites (tertiary alicyclic amines) is 1. The standard InChI is InChI=1S/C25H28N4O2/c1-30-20-7-8-22-21(15-20)27-25(23-6-4-12-29(22)23)17-24(31-18-25)9-13-28(14-10-24)16-19-5-2-3-11-26-19/h2-8,11-12,15,27H,9-10,13-14,16-18H2,1H3/t25-/m0/s1. The summed E-state index contributed by atoms with van der Waals surface area (Å²) < 4.78 is 14.4. The Labute approximate surface area is 182 Å². The summed E-state index contributed by atoms with van der Waals surface area (Å²) in [5, 5.41) is 3.86. The molecule has 3 aliphatic rings. The summed E-state index contributed by atoms with van der Waals surface area (Å²) >= 11 is 0. The number of benzene rings is 1. The van der Waals surface area contributed by atoms with Crippen molar-refractivity contribution in [3.63, 3.8) is 0 Å². The van der Waals surface area contributed by atoms with Crippen molar-refractivity contribution in [1.82, 2.24) is 14.5 Å². The Hall–Kier alpha value is -2.83. The number of nitrogens with zero attached hydrogens (tertiary/aromatic N) is 3. The Balaban J connectivity index is 1.23. The third-order valence-corrected chi connectivity index (χ3v) is 7.20. The SMILES string of the molecule is COc1ccc2c(c1)N[C@@]1(COC3(CCN(Cc4ccccn4)CC3)C1)c1cccn1-2. The van der Waals surface area contributed by atoms with Gasteiger partial charge in [0.1, 0.15) is 11.3 Å². The fraction of sp³-hybridized carbons (Fsp3) is 0.400. The van der Waals surface area contributed by atoms with Gasteiger partial charge < -0.3 is 19.4 Å². The van der Waals surface area contributed by atoms with Crippen molar-refractivity contribution < 1.29 is 9.47 Å². The second-order valence-electron chi connectivity index (χ2n) is 9.10. The molecule has 0 saturated carbocycles. The summed E-state index contributed by atoms with van der Waals surface area (Å²) in [7, 11) is 1.72. The summed E-state index contributed by atoms with van der Waals surface area (Å²) in [4.78, 5) is 6.99. The number of fused-ring (bicyclic) bond motifs is 4. The summed E-state index contributed by atoms with van der Waals surface area (Å²) in [5.41, 5.74) is 4.43. The first-order valence-corrected chi connectivity index (χ1v) is 11.1. The number of hydrogen-bond donors (Lipinski definition) is 1. The molecule has 2 aromatic heterocycles. The van der Waals surface area contributed by atoms with Gasteiger partial charge in [0.25, 0.3) is 0 Å². The Kier molecular flexibility index (Phi) is 4.33. The lowest BCUT2D eigenvalue weighted by molar-refractivity contribution is -0.0453. The number of rotatable bonds is 3. The zero-order valence-electron chi connectivity index (χ0n) is 17.9. The van der Waals surface area contributed by atoms with Crippen molar-refractivity contribution in [2.75, 3.05) is 32.1 Å². The van der Waals surface area contributed by atoms with E-state index in [-0.39, 0.29) is 11.1 Å². The number of nitrogens with one attached hydrogen (secondary N) is 1. The predicted molar refractivity (Wildman–Crippen MR) is 120 cm³/mol. The molecular formula is C25H28N4O2. The molecule has 1 aromatic carbocycles. The summed E-state index contributed by atoms with van der Waals surface area (Å²) in [6.45, 7) is 3.68. The van der Waals surface area contributed by atoms with Gasteiger partial charge in [-0.15, -0.1) is 0 Å². The highest BCUT2D eigenvalue weighted by atomic mass is 16.5. The lowest BCUT2D eigenvalue weighted by Crippen LogP contribution is -2.46. The van der Waals surface area contributed by atoms with Crippen LogP contribution in [0.15, 0.2) is 60.9 Å². The van der Waals surface area contributed by atoms with Crippen LogP contribution in [0.5, 0.6) is 5.75 Å². The van der Waals surface area contributed by atoms with Crippen molar-refractivity contribution in [1.29, 1.82) is 0 Å². The van der Waals surface area contributed by atoms with E-state index in [1.807, 2.05) is 18.3 Å². The first-order valence-electron chi connectivity index (χ1n) is 11.1. The van der Waals surface area contributed by atoms with E-state index in [9.17, 15) is 0 Å². The molecule has 5 heterocycles. The Bertz CT molecular complexity index is 1090. The number of ether oxygens (including phenoxy) is 2. The maximum absolute atomic E-state index is 6.62. The predicted octanol–water partition coefficient (Wildman–Crippen LogP) is 3.96. The molecule has 6 nitrogen and oxygen atoms in total. The topological polar surface area (TPSA) is 51.5 Å². The molecule has 0 bridgehead atoms. The quantitative estimate of drug-likeness (QED) is 0.701. The van der Waals surface area contributed by atoms with Crippen molar-refractivity contribution in [2.24, 2.45) is 0 Å². The summed E-state index contributed by atoms with van der Waals surface area (Å²) in [6, 6.07) is 16.8. The molecule has 1 N–H and O–H groups in total. The van der Waals surface area contributed by atoms with Crippen molar-refractivity contribution in [3.05, 3.63) is 72.3 Å². The molecule has 0 radical (unpaired) electrons. The zero-order chi connectivity index (χ0) is 20.9. The maximum atomic E-state index is 6.62. The lowest BCUT2D eigenvalue weighted by Gasteiger charge is -2.41. The van der Waals surface area contributed by atoms with Gasteiger partial charge in [0, 0.05) is 44.5 Å². The molecule has 2 fully saturated rings. The molecule has 2 saturated heterocycles. The first-order chi connectivity index (χ1) is 15.2. The van der Waals surface area contributed by atoms with Gasteiger partial charge in [-0.05, 0) is 49.2 Å². The van der Waals surface area contributed by atoms with E-state index in [1.165, 1.54) is 5.69 Å². The number of aromatic nitrogens is 2. The van der Waals surface area contributed by atoms with E-state index in [0.717, 1.165) is 61.7 Å². The summed E-state index contributed by atoms with van der Waals surface area (Å²) in [6.07, 6.45) is 7.12. The van der Waals surface area contributed by atoms with Gasteiger partial charge in [-0.3, -0.25) is 9.88 Å². The second kappa shape index (κ2) is 7.11. The molecular weight excluding hydrogens is 388 g/mol. The van der Waals surface area contributed by atoms with Gasteiger partial charge in [0.05, 0.1) is 42.1 Å². The summed E-state index contributed by atoms with van der Waals surface area (Å²) in [5.74, 6) is 0.869.